The number of piperazine rings is 1. The summed E-state index contributed by atoms with van der Waals surface area (Å²) in [6, 6.07) is 12.9. The molecule has 1 aromatic heterocycles. The van der Waals surface area contributed by atoms with Crippen molar-refractivity contribution in [2.45, 2.75) is 38.8 Å². The average molecular weight is 402 g/mol. The number of anilines is 1. The van der Waals surface area contributed by atoms with Crippen molar-refractivity contribution in [2.75, 3.05) is 38.2 Å². The Hall–Kier alpha value is -2.05. The van der Waals surface area contributed by atoms with E-state index < -0.39 is 0 Å². The number of carbonyl (C=O) groups is 1. The molecule has 0 aliphatic carbocycles. The molecule has 1 N–H and O–H groups in total. The van der Waals surface area contributed by atoms with Gasteiger partial charge < -0.3 is 15.0 Å². The van der Waals surface area contributed by atoms with Crippen LogP contribution in [-0.2, 0) is 4.79 Å². The zero-order chi connectivity index (χ0) is 19.9. The molecule has 1 fully saturated rings. The lowest BCUT2D eigenvalue weighted by Crippen LogP contribution is -2.52. The zero-order valence-corrected chi connectivity index (χ0v) is 17.9. The monoisotopic (exact) mass is 401 g/mol. The molecule has 1 aliphatic heterocycles. The number of thiophene rings is 1. The molecule has 1 saturated heterocycles. The highest BCUT2D eigenvalue weighted by atomic mass is 32.1. The third-order valence-electron chi connectivity index (χ3n) is 5.32. The zero-order valence-electron chi connectivity index (χ0n) is 17.1. The average Bonchev–Trinajstić information content (AvgIpc) is 3.23. The van der Waals surface area contributed by atoms with Crippen molar-refractivity contribution in [1.82, 2.24) is 10.2 Å². The topological polar surface area (TPSA) is 44.8 Å². The second-order valence-corrected chi connectivity index (χ2v) is 8.27. The molecule has 1 aromatic carbocycles. The lowest BCUT2D eigenvalue weighted by molar-refractivity contribution is -0.122. The first-order chi connectivity index (χ1) is 13.6. The molecule has 0 spiro atoms. The van der Waals surface area contributed by atoms with Crippen LogP contribution < -0.4 is 15.0 Å². The van der Waals surface area contributed by atoms with E-state index in [1.807, 2.05) is 19.1 Å². The van der Waals surface area contributed by atoms with Gasteiger partial charge in [0.2, 0.25) is 5.91 Å². The largest absolute Gasteiger partial charge is 0.497 e. The van der Waals surface area contributed by atoms with Gasteiger partial charge in [0.1, 0.15) is 5.75 Å². The number of amides is 1. The van der Waals surface area contributed by atoms with Gasteiger partial charge in [-0.1, -0.05) is 13.0 Å². The molecule has 6 heteroatoms. The van der Waals surface area contributed by atoms with Crippen molar-refractivity contribution in [3.63, 3.8) is 0 Å². The maximum Gasteiger partial charge on any atom is 0.220 e. The van der Waals surface area contributed by atoms with Crippen molar-refractivity contribution in [2.24, 2.45) is 0 Å². The van der Waals surface area contributed by atoms with Crippen LogP contribution in [0.15, 0.2) is 41.8 Å². The third kappa shape index (κ3) is 5.06. The standard InChI is InChI=1S/C22H31N3O2S/c1-4-6-21(26)23-17(2)22(20-7-5-16-28-20)25-14-12-24(13-15-25)18-8-10-19(27-3)11-9-18/h5,7-11,16-17,22H,4,6,12-15H2,1-3H3,(H,23,26)/t17-,22+/m1/s1. The number of hydrogen-bond donors (Lipinski definition) is 1. The smallest absolute Gasteiger partial charge is 0.220 e. The number of nitrogens with one attached hydrogen (secondary N) is 1. The van der Waals surface area contributed by atoms with Crippen molar-refractivity contribution in [3.05, 3.63) is 46.7 Å². The van der Waals surface area contributed by atoms with E-state index in [-0.39, 0.29) is 18.0 Å². The van der Waals surface area contributed by atoms with Gasteiger partial charge in [0, 0.05) is 49.2 Å². The highest BCUT2D eigenvalue weighted by molar-refractivity contribution is 7.10. The van der Waals surface area contributed by atoms with Crippen LogP contribution in [0.2, 0.25) is 0 Å². The number of hydrogen-bond acceptors (Lipinski definition) is 5. The van der Waals surface area contributed by atoms with E-state index in [9.17, 15) is 4.79 Å². The first kappa shape index (κ1) is 20.7. The lowest BCUT2D eigenvalue weighted by atomic mass is 10.0. The van der Waals surface area contributed by atoms with Gasteiger partial charge in [-0.2, -0.15) is 0 Å². The molecule has 1 amide bonds. The Kier molecular flexibility index (Phi) is 7.34. The second kappa shape index (κ2) is 9.94. The van der Waals surface area contributed by atoms with Crippen LogP contribution in [-0.4, -0.2) is 50.1 Å². The summed E-state index contributed by atoms with van der Waals surface area (Å²) in [7, 11) is 1.69. The maximum atomic E-state index is 12.2. The minimum absolute atomic E-state index is 0.0882. The Balaban J connectivity index is 1.66. The normalized spacial score (nSPS) is 17.2. The van der Waals surface area contributed by atoms with Crippen LogP contribution in [0.5, 0.6) is 5.75 Å². The van der Waals surface area contributed by atoms with Gasteiger partial charge in [-0.05, 0) is 49.1 Å². The molecule has 2 aromatic rings. The summed E-state index contributed by atoms with van der Waals surface area (Å²) in [6.07, 6.45) is 1.47. The summed E-state index contributed by atoms with van der Waals surface area (Å²) < 4.78 is 5.26. The fraction of sp³-hybridized carbons (Fsp3) is 0.500. The molecule has 2 heterocycles. The summed E-state index contributed by atoms with van der Waals surface area (Å²) in [5, 5.41) is 5.34. The van der Waals surface area contributed by atoms with Crippen LogP contribution >= 0.6 is 11.3 Å². The highest BCUT2D eigenvalue weighted by Crippen LogP contribution is 2.30. The molecule has 1 aliphatic rings. The van der Waals surface area contributed by atoms with Gasteiger partial charge in [-0.3, -0.25) is 9.69 Å². The number of methoxy groups -OCH3 is 1. The second-order valence-electron chi connectivity index (χ2n) is 7.29. The van der Waals surface area contributed by atoms with Crippen molar-refractivity contribution >= 4 is 22.9 Å². The molecule has 3 rings (SSSR count). The molecular formula is C22H31N3O2S. The minimum atomic E-state index is 0.0882. The number of nitrogens with zero attached hydrogens (tertiary/aromatic N) is 2. The van der Waals surface area contributed by atoms with Crippen molar-refractivity contribution in [1.29, 1.82) is 0 Å². The number of ether oxygens (including phenoxy) is 1. The summed E-state index contributed by atoms with van der Waals surface area (Å²) in [5.41, 5.74) is 1.23. The molecule has 0 radical (unpaired) electrons. The molecule has 5 nitrogen and oxygen atoms in total. The SMILES string of the molecule is CCCC(=O)N[C@H](C)[C@@H](c1cccs1)N1CCN(c2ccc(OC)cc2)CC1. The Morgan fingerprint density at radius 1 is 1.18 bits per heavy atom. The molecule has 2 atom stereocenters. The van der Waals surface area contributed by atoms with Crippen LogP contribution in [0.3, 0.4) is 0 Å². The summed E-state index contributed by atoms with van der Waals surface area (Å²) in [6.45, 7) is 8.08. The predicted octanol–water partition coefficient (Wildman–Crippen LogP) is 3.92. The van der Waals surface area contributed by atoms with E-state index in [2.05, 4.69) is 51.7 Å². The molecule has 152 valence electrons. The van der Waals surface area contributed by atoms with Crippen LogP contribution in [0.4, 0.5) is 5.69 Å². The first-order valence-corrected chi connectivity index (χ1v) is 11.0. The Morgan fingerprint density at radius 3 is 2.46 bits per heavy atom. The summed E-state index contributed by atoms with van der Waals surface area (Å²) in [5.74, 6) is 1.03. The highest BCUT2D eigenvalue weighted by Gasteiger charge is 2.30. The Bertz CT molecular complexity index is 725. The summed E-state index contributed by atoms with van der Waals surface area (Å²) in [4.78, 5) is 18.4. The fourth-order valence-corrected chi connectivity index (χ4v) is 4.85. The van der Waals surface area contributed by atoms with Gasteiger partial charge in [0.15, 0.2) is 0 Å². The third-order valence-corrected chi connectivity index (χ3v) is 6.26. The van der Waals surface area contributed by atoms with Crippen LogP contribution in [0, 0.1) is 0 Å². The Morgan fingerprint density at radius 2 is 1.89 bits per heavy atom. The summed E-state index contributed by atoms with van der Waals surface area (Å²) >= 11 is 1.77. The van der Waals surface area contributed by atoms with E-state index in [0.717, 1.165) is 38.3 Å². The number of rotatable bonds is 8. The lowest BCUT2D eigenvalue weighted by Gasteiger charge is -2.42. The van der Waals surface area contributed by atoms with E-state index in [4.69, 9.17) is 4.74 Å². The number of benzene rings is 1. The first-order valence-electron chi connectivity index (χ1n) is 10.1. The maximum absolute atomic E-state index is 12.2. The number of carbonyl (C=O) groups excluding carboxylic acids is 1. The van der Waals surface area contributed by atoms with E-state index in [0.29, 0.717) is 6.42 Å². The van der Waals surface area contributed by atoms with E-state index in [1.54, 1.807) is 18.4 Å². The van der Waals surface area contributed by atoms with Crippen LogP contribution in [0.1, 0.15) is 37.6 Å². The molecule has 0 unspecified atom stereocenters. The Labute approximate surface area is 172 Å². The van der Waals surface area contributed by atoms with Gasteiger partial charge in [0.05, 0.1) is 13.2 Å². The molecule has 28 heavy (non-hydrogen) atoms. The van der Waals surface area contributed by atoms with Gasteiger partial charge in [-0.15, -0.1) is 11.3 Å². The van der Waals surface area contributed by atoms with Crippen molar-refractivity contribution < 1.29 is 9.53 Å². The quantitative estimate of drug-likeness (QED) is 0.728. The van der Waals surface area contributed by atoms with Crippen molar-refractivity contribution in [3.8, 4) is 5.75 Å². The molecule has 0 bridgehead atoms. The van der Waals surface area contributed by atoms with Gasteiger partial charge in [-0.25, -0.2) is 0 Å². The van der Waals surface area contributed by atoms with Gasteiger partial charge in [0.25, 0.3) is 0 Å². The fourth-order valence-electron chi connectivity index (χ4n) is 3.89. The predicted molar refractivity (Wildman–Crippen MR) is 116 cm³/mol. The molecular weight excluding hydrogens is 370 g/mol. The van der Waals surface area contributed by atoms with Crippen LogP contribution in [0.25, 0.3) is 0 Å². The minimum Gasteiger partial charge on any atom is -0.497 e. The van der Waals surface area contributed by atoms with E-state index in [1.165, 1.54) is 10.6 Å². The molecule has 0 saturated carbocycles. The van der Waals surface area contributed by atoms with Gasteiger partial charge >= 0.3 is 0 Å². The van der Waals surface area contributed by atoms with E-state index >= 15 is 0 Å².